The Labute approximate surface area is 67.0 Å². The summed E-state index contributed by atoms with van der Waals surface area (Å²) in [7, 11) is 0. The molecule has 0 radical (unpaired) electrons. The summed E-state index contributed by atoms with van der Waals surface area (Å²) < 4.78 is 0. The molecule has 1 N–H and O–H groups in total. The fourth-order valence-corrected chi connectivity index (χ4v) is 1.29. The molecule has 1 aliphatic heterocycles. The van der Waals surface area contributed by atoms with Crippen LogP contribution in [0.5, 0.6) is 0 Å². The molecule has 0 aliphatic carbocycles. The number of carboxylic acid groups (broad SMARTS) is 1. The van der Waals surface area contributed by atoms with E-state index in [4.69, 9.17) is 5.11 Å². The van der Waals surface area contributed by atoms with Gasteiger partial charge < -0.3 is 10.0 Å². The largest absolute Gasteiger partial charge is 0.481 e. The van der Waals surface area contributed by atoms with E-state index in [1.165, 1.54) is 12.8 Å². The molecule has 0 aromatic heterocycles. The van der Waals surface area contributed by atoms with Gasteiger partial charge in [0.1, 0.15) is 0 Å². The number of unbranched alkanes of at least 4 members (excludes halogenated alkanes) is 1. The van der Waals surface area contributed by atoms with E-state index in [0.717, 1.165) is 19.6 Å². The van der Waals surface area contributed by atoms with Crippen molar-refractivity contribution in [2.75, 3.05) is 19.6 Å². The summed E-state index contributed by atoms with van der Waals surface area (Å²) in [5.74, 6) is -0.732. The molecule has 0 saturated carbocycles. The number of hydrogen-bond acceptors (Lipinski definition) is 2. The van der Waals surface area contributed by atoms with Crippen molar-refractivity contribution in [2.45, 2.75) is 19.8 Å². The van der Waals surface area contributed by atoms with Gasteiger partial charge in [0.15, 0.2) is 0 Å². The zero-order valence-corrected chi connectivity index (χ0v) is 6.92. The summed E-state index contributed by atoms with van der Waals surface area (Å²) in [6.45, 7) is 4.74. The first-order chi connectivity index (χ1) is 5.24. The van der Waals surface area contributed by atoms with E-state index in [2.05, 4.69) is 11.8 Å². The van der Waals surface area contributed by atoms with E-state index in [1.807, 2.05) is 0 Å². The van der Waals surface area contributed by atoms with Crippen molar-refractivity contribution in [1.29, 1.82) is 0 Å². The molecule has 0 unspecified atom stereocenters. The Kier molecular flexibility index (Phi) is 2.88. The maximum Gasteiger partial charge on any atom is 0.309 e. The maximum absolute atomic E-state index is 10.4. The van der Waals surface area contributed by atoms with Gasteiger partial charge in [0.2, 0.25) is 0 Å². The lowest BCUT2D eigenvalue weighted by molar-refractivity contribution is -0.147. The molecule has 0 spiro atoms. The highest BCUT2D eigenvalue weighted by atomic mass is 16.4. The van der Waals surface area contributed by atoms with Gasteiger partial charge in [-0.25, -0.2) is 0 Å². The molecule has 0 atom stereocenters. The molecule has 11 heavy (non-hydrogen) atoms. The van der Waals surface area contributed by atoms with Crippen LogP contribution in [0, 0.1) is 5.92 Å². The van der Waals surface area contributed by atoms with E-state index < -0.39 is 5.97 Å². The first-order valence-corrected chi connectivity index (χ1v) is 4.19. The van der Waals surface area contributed by atoms with Crippen LogP contribution >= 0.6 is 0 Å². The maximum atomic E-state index is 10.4. The van der Waals surface area contributed by atoms with Crippen LogP contribution in [0.3, 0.4) is 0 Å². The monoisotopic (exact) mass is 157 g/mol. The Morgan fingerprint density at radius 2 is 2.27 bits per heavy atom. The van der Waals surface area contributed by atoms with Crippen molar-refractivity contribution in [2.24, 2.45) is 5.92 Å². The van der Waals surface area contributed by atoms with Gasteiger partial charge in [-0.05, 0) is 13.0 Å². The zero-order chi connectivity index (χ0) is 8.27. The van der Waals surface area contributed by atoms with Gasteiger partial charge in [-0.2, -0.15) is 0 Å². The summed E-state index contributed by atoms with van der Waals surface area (Å²) in [4.78, 5) is 12.6. The van der Waals surface area contributed by atoms with Crippen LogP contribution < -0.4 is 0 Å². The molecule has 1 rings (SSSR count). The zero-order valence-electron chi connectivity index (χ0n) is 6.92. The van der Waals surface area contributed by atoms with E-state index in [0.29, 0.717) is 0 Å². The van der Waals surface area contributed by atoms with Gasteiger partial charge in [0, 0.05) is 13.1 Å². The number of carbonyl (C=O) groups is 1. The highest BCUT2D eigenvalue weighted by Gasteiger charge is 2.31. The Hall–Kier alpha value is -0.570. The van der Waals surface area contributed by atoms with Crippen LogP contribution in [0.4, 0.5) is 0 Å². The topological polar surface area (TPSA) is 40.5 Å². The smallest absolute Gasteiger partial charge is 0.309 e. The van der Waals surface area contributed by atoms with Crippen molar-refractivity contribution in [3.63, 3.8) is 0 Å². The van der Waals surface area contributed by atoms with E-state index in [1.54, 1.807) is 0 Å². The molecule has 0 aromatic carbocycles. The van der Waals surface area contributed by atoms with Crippen LogP contribution in [-0.2, 0) is 4.79 Å². The third-order valence-corrected chi connectivity index (χ3v) is 2.13. The molecule has 1 saturated heterocycles. The molecular formula is C8H15NO2. The van der Waals surface area contributed by atoms with Gasteiger partial charge in [-0.15, -0.1) is 0 Å². The van der Waals surface area contributed by atoms with Gasteiger partial charge in [-0.3, -0.25) is 4.79 Å². The summed E-state index contributed by atoms with van der Waals surface area (Å²) >= 11 is 0. The SMILES string of the molecule is CCCCN1CC(C(=O)O)C1. The second kappa shape index (κ2) is 3.72. The molecule has 64 valence electrons. The number of hydrogen-bond donors (Lipinski definition) is 1. The first kappa shape index (κ1) is 8.53. The van der Waals surface area contributed by atoms with Gasteiger partial charge in [-0.1, -0.05) is 13.3 Å². The summed E-state index contributed by atoms with van der Waals surface area (Å²) in [6, 6.07) is 0. The first-order valence-electron chi connectivity index (χ1n) is 4.19. The van der Waals surface area contributed by atoms with Crippen LogP contribution in [0.2, 0.25) is 0 Å². The Morgan fingerprint density at radius 1 is 1.64 bits per heavy atom. The lowest BCUT2D eigenvalue weighted by Crippen LogP contribution is -2.50. The van der Waals surface area contributed by atoms with Gasteiger partial charge in [0.05, 0.1) is 5.92 Å². The average Bonchev–Trinajstić information content (AvgIpc) is 1.84. The van der Waals surface area contributed by atoms with E-state index in [-0.39, 0.29) is 5.92 Å². The number of rotatable bonds is 4. The highest BCUT2D eigenvalue weighted by molar-refractivity contribution is 5.71. The van der Waals surface area contributed by atoms with Crippen LogP contribution in [-0.4, -0.2) is 35.6 Å². The van der Waals surface area contributed by atoms with Crippen molar-refractivity contribution in [1.82, 2.24) is 4.90 Å². The fourth-order valence-electron chi connectivity index (χ4n) is 1.29. The second-order valence-corrected chi connectivity index (χ2v) is 3.15. The second-order valence-electron chi connectivity index (χ2n) is 3.15. The van der Waals surface area contributed by atoms with E-state index in [9.17, 15) is 4.79 Å². The lowest BCUT2D eigenvalue weighted by atomic mass is 10.0. The van der Waals surface area contributed by atoms with Crippen LogP contribution in [0.25, 0.3) is 0 Å². The quantitative estimate of drug-likeness (QED) is 0.656. The summed E-state index contributed by atoms with van der Waals surface area (Å²) in [6.07, 6.45) is 2.38. The minimum absolute atomic E-state index is 0.0909. The number of aliphatic carboxylic acids is 1. The Balaban J connectivity index is 2.05. The van der Waals surface area contributed by atoms with Gasteiger partial charge >= 0.3 is 5.97 Å². The number of carboxylic acids is 1. The lowest BCUT2D eigenvalue weighted by Gasteiger charge is -2.36. The molecule has 1 heterocycles. The van der Waals surface area contributed by atoms with Crippen molar-refractivity contribution in [3.8, 4) is 0 Å². The highest BCUT2D eigenvalue weighted by Crippen LogP contribution is 2.15. The van der Waals surface area contributed by atoms with Crippen molar-refractivity contribution in [3.05, 3.63) is 0 Å². The average molecular weight is 157 g/mol. The van der Waals surface area contributed by atoms with Gasteiger partial charge in [0.25, 0.3) is 0 Å². The minimum Gasteiger partial charge on any atom is -0.481 e. The molecular weight excluding hydrogens is 142 g/mol. The predicted octanol–water partition coefficient (Wildman–Crippen LogP) is 0.803. The molecule has 0 amide bonds. The summed E-state index contributed by atoms with van der Waals surface area (Å²) in [5.41, 5.74) is 0. The minimum atomic E-state index is -0.641. The molecule has 0 aromatic rings. The Bertz CT molecular complexity index is 141. The number of nitrogens with zero attached hydrogens (tertiary/aromatic N) is 1. The standard InChI is InChI=1S/C8H15NO2/c1-2-3-4-9-5-7(6-9)8(10)11/h7H,2-6H2,1H3,(H,10,11). The molecule has 0 bridgehead atoms. The normalized spacial score (nSPS) is 19.7. The predicted molar refractivity (Wildman–Crippen MR) is 42.5 cm³/mol. The third kappa shape index (κ3) is 2.19. The summed E-state index contributed by atoms with van der Waals surface area (Å²) in [5, 5.41) is 8.55. The van der Waals surface area contributed by atoms with Crippen LogP contribution in [0.15, 0.2) is 0 Å². The molecule has 3 heteroatoms. The molecule has 1 fully saturated rings. The third-order valence-electron chi connectivity index (χ3n) is 2.13. The fraction of sp³-hybridized carbons (Fsp3) is 0.875. The van der Waals surface area contributed by atoms with Crippen molar-refractivity contribution >= 4 is 5.97 Å². The molecule has 1 aliphatic rings. The van der Waals surface area contributed by atoms with Crippen LogP contribution in [0.1, 0.15) is 19.8 Å². The Morgan fingerprint density at radius 3 is 2.73 bits per heavy atom. The number of likely N-dealkylation sites (tertiary alicyclic amines) is 1. The molecule has 3 nitrogen and oxygen atoms in total. The van der Waals surface area contributed by atoms with E-state index >= 15 is 0 Å². The van der Waals surface area contributed by atoms with Crippen molar-refractivity contribution < 1.29 is 9.90 Å².